The van der Waals surface area contributed by atoms with Crippen LogP contribution >= 0.6 is 11.6 Å². The average molecular weight is 529 g/mol. The van der Waals surface area contributed by atoms with E-state index < -0.39 is 11.9 Å². The van der Waals surface area contributed by atoms with E-state index in [9.17, 15) is 9.59 Å². The summed E-state index contributed by atoms with van der Waals surface area (Å²) in [5.41, 5.74) is 14.0. The molecule has 0 aliphatic carbocycles. The number of benzene rings is 1. The van der Waals surface area contributed by atoms with Crippen molar-refractivity contribution in [3.8, 4) is 0 Å². The Bertz CT molecular complexity index is 1120. The zero-order valence-corrected chi connectivity index (χ0v) is 22.5. The number of nitrogens with two attached hydrogens (primary N) is 2. The maximum atomic E-state index is 12.4. The number of halogens is 1. The number of piperazine rings is 1. The normalized spacial score (nSPS) is 20.5. The van der Waals surface area contributed by atoms with E-state index in [2.05, 4.69) is 36.9 Å². The van der Waals surface area contributed by atoms with Crippen molar-refractivity contribution in [2.24, 2.45) is 5.73 Å². The number of hydrogen-bond donors (Lipinski definition) is 3. The van der Waals surface area contributed by atoms with E-state index in [-0.39, 0.29) is 22.6 Å². The van der Waals surface area contributed by atoms with Crippen LogP contribution in [-0.4, -0.2) is 83.4 Å². The molecule has 4 rings (SSSR count). The van der Waals surface area contributed by atoms with E-state index >= 15 is 0 Å². The highest BCUT2D eigenvalue weighted by atomic mass is 35.5. The van der Waals surface area contributed by atoms with Crippen molar-refractivity contribution in [1.29, 1.82) is 0 Å². The van der Waals surface area contributed by atoms with Crippen LogP contribution in [0.15, 0.2) is 24.3 Å². The van der Waals surface area contributed by atoms with Crippen molar-refractivity contribution in [3.05, 3.63) is 46.2 Å². The standard InChI is InChI=1S/C26H37ClN8O2/c1-4-18-15-34(25-22(27)31-20(23(28)32-25)26(37)30-3)13-14-35(18)19-9-11-33(12-10-19)21(24(29)36)17-7-5-16(2)6-8-17/h5-8,18-19,21H,4,9-15H2,1-3H3,(H2,28,32)(H2,29,36)(H,30,37)/t18-,21+/m0/s1. The number of nitrogens with zero attached hydrogens (tertiary/aromatic N) is 5. The predicted molar refractivity (Wildman–Crippen MR) is 146 cm³/mol. The topological polar surface area (TPSA) is 134 Å². The van der Waals surface area contributed by atoms with Gasteiger partial charge >= 0.3 is 0 Å². The monoisotopic (exact) mass is 528 g/mol. The smallest absolute Gasteiger partial charge is 0.273 e. The van der Waals surface area contributed by atoms with Gasteiger partial charge in [-0.15, -0.1) is 0 Å². The lowest BCUT2D eigenvalue weighted by Crippen LogP contribution is -2.59. The summed E-state index contributed by atoms with van der Waals surface area (Å²) in [6.45, 7) is 8.19. The van der Waals surface area contributed by atoms with Crippen molar-refractivity contribution < 1.29 is 9.59 Å². The van der Waals surface area contributed by atoms with E-state index in [1.54, 1.807) is 0 Å². The Morgan fingerprint density at radius 2 is 1.81 bits per heavy atom. The summed E-state index contributed by atoms with van der Waals surface area (Å²) in [6.07, 6.45) is 2.92. The fraction of sp³-hybridized carbons (Fsp3) is 0.538. The Balaban J connectivity index is 1.41. The SMILES string of the molecule is CC[C@H]1CN(c2nc(N)c(C(=O)NC)nc2Cl)CCN1C1CCN([C@@H](C(N)=O)c2ccc(C)cc2)CC1. The first kappa shape index (κ1) is 27.1. The number of carbonyl (C=O) groups excluding carboxylic acids is 2. The maximum Gasteiger partial charge on any atom is 0.273 e. The molecule has 11 heteroatoms. The third-order valence-corrected chi connectivity index (χ3v) is 7.85. The molecule has 2 amide bonds. The first-order valence-electron chi connectivity index (χ1n) is 12.9. The van der Waals surface area contributed by atoms with Crippen molar-refractivity contribution in [1.82, 2.24) is 25.1 Å². The lowest BCUT2D eigenvalue weighted by molar-refractivity contribution is -0.124. The number of anilines is 2. The van der Waals surface area contributed by atoms with Gasteiger partial charge in [0.25, 0.3) is 5.91 Å². The molecule has 2 fully saturated rings. The highest BCUT2D eigenvalue weighted by Crippen LogP contribution is 2.31. The molecule has 0 unspecified atom stereocenters. The molecular formula is C26H37ClN8O2. The van der Waals surface area contributed by atoms with Gasteiger partial charge in [0, 0.05) is 51.9 Å². The van der Waals surface area contributed by atoms with Gasteiger partial charge in [-0.2, -0.15) is 0 Å². The summed E-state index contributed by atoms with van der Waals surface area (Å²) in [6, 6.07) is 8.41. The van der Waals surface area contributed by atoms with Gasteiger partial charge in [0.05, 0.1) is 0 Å². The largest absolute Gasteiger partial charge is 0.382 e. The third kappa shape index (κ3) is 5.81. The van der Waals surface area contributed by atoms with Gasteiger partial charge in [0.15, 0.2) is 22.5 Å². The molecule has 3 heterocycles. The van der Waals surface area contributed by atoms with Crippen LogP contribution < -0.4 is 21.7 Å². The minimum atomic E-state index is -0.415. The van der Waals surface area contributed by atoms with Crippen LogP contribution in [0, 0.1) is 6.92 Å². The molecule has 10 nitrogen and oxygen atoms in total. The average Bonchev–Trinajstić information content (AvgIpc) is 2.90. The lowest BCUT2D eigenvalue weighted by Gasteiger charge is -2.48. The van der Waals surface area contributed by atoms with Gasteiger partial charge in [-0.1, -0.05) is 48.4 Å². The fourth-order valence-electron chi connectivity index (χ4n) is 5.59. The van der Waals surface area contributed by atoms with E-state index in [1.807, 2.05) is 31.2 Å². The molecule has 1 aromatic carbocycles. The number of hydrogen-bond acceptors (Lipinski definition) is 8. The molecule has 5 N–H and O–H groups in total. The van der Waals surface area contributed by atoms with Gasteiger partial charge in [-0.05, 0) is 31.7 Å². The second-order valence-corrected chi connectivity index (χ2v) is 10.2. The first-order chi connectivity index (χ1) is 17.7. The Kier molecular flexibility index (Phi) is 8.51. The number of nitrogen functional groups attached to an aromatic ring is 1. The van der Waals surface area contributed by atoms with Gasteiger partial charge in [-0.25, -0.2) is 9.97 Å². The molecule has 0 spiro atoms. The summed E-state index contributed by atoms with van der Waals surface area (Å²) < 4.78 is 0. The van der Waals surface area contributed by atoms with E-state index in [1.165, 1.54) is 7.05 Å². The van der Waals surface area contributed by atoms with Crippen LogP contribution in [-0.2, 0) is 4.79 Å². The molecule has 2 saturated heterocycles. The summed E-state index contributed by atoms with van der Waals surface area (Å²) in [4.78, 5) is 39.9. The number of aryl methyl sites for hydroxylation is 1. The fourth-order valence-corrected chi connectivity index (χ4v) is 5.84. The number of nitrogens with one attached hydrogen (secondary N) is 1. The summed E-state index contributed by atoms with van der Waals surface area (Å²) >= 11 is 6.43. The van der Waals surface area contributed by atoms with E-state index in [0.29, 0.717) is 17.9 Å². The number of primary amides is 1. The molecule has 2 atom stereocenters. The van der Waals surface area contributed by atoms with Crippen LogP contribution in [0.1, 0.15) is 53.8 Å². The molecule has 0 saturated carbocycles. The number of likely N-dealkylation sites (tertiary alicyclic amines) is 1. The lowest BCUT2D eigenvalue weighted by atomic mass is 9.95. The number of amides is 2. The molecule has 0 radical (unpaired) electrons. The number of piperidine rings is 1. The van der Waals surface area contributed by atoms with E-state index in [4.69, 9.17) is 23.1 Å². The van der Waals surface area contributed by atoms with Crippen molar-refractivity contribution >= 4 is 35.1 Å². The van der Waals surface area contributed by atoms with Crippen molar-refractivity contribution in [2.75, 3.05) is 50.4 Å². The Morgan fingerprint density at radius 3 is 2.41 bits per heavy atom. The minimum absolute atomic E-state index is 0.0357. The predicted octanol–water partition coefficient (Wildman–Crippen LogP) is 1.97. The third-order valence-electron chi connectivity index (χ3n) is 7.60. The molecule has 1 aromatic heterocycles. The van der Waals surface area contributed by atoms with E-state index in [0.717, 1.165) is 63.1 Å². The molecule has 2 aromatic rings. The van der Waals surface area contributed by atoms with Crippen LogP contribution in [0.25, 0.3) is 0 Å². The molecule has 2 aliphatic rings. The first-order valence-corrected chi connectivity index (χ1v) is 13.3. The van der Waals surface area contributed by atoms with Gasteiger partial charge in [-0.3, -0.25) is 19.4 Å². The van der Waals surface area contributed by atoms with Gasteiger partial charge in [0.2, 0.25) is 5.91 Å². The molecular weight excluding hydrogens is 492 g/mol. The maximum absolute atomic E-state index is 12.4. The Hall–Kier alpha value is -2.95. The van der Waals surface area contributed by atoms with Crippen molar-refractivity contribution in [3.63, 3.8) is 0 Å². The highest BCUT2D eigenvalue weighted by molar-refractivity contribution is 6.32. The summed E-state index contributed by atoms with van der Waals surface area (Å²) in [5.74, 6) is -0.134. The summed E-state index contributed by atoms with van der Waals surface area (Å²) in [5, 5.41) is 2.68. The number of rotatable bonds is 7. The molecule has 2 aliphatic heterocycles. The molecule has 200 valence electrons. The van der Waals surface area contributed by atoms with Crippen LogP contribution in [0.3, 0.4) is 0 Å². The van der Waals surface area contributed by atoms with Gasteiger partial charge < -0.3 is 21.7 Å². The van der Waals surface area contributed by atoms with Gasteiger partial charge in [0.1, 0.15) is 6.04 Å². The number of carbonyl (C=O) groups is 2. The molecule has 0 bridgehead atoms. The second-order valence-electron chi connectivity index (χ2n) is 9.88. The molecule has 37 heavy (non-hydrogen) atoms. The van der Waals surface area contributed by atoms with Crippen LogP contribution in [0.4, 0.5) is 11.6 Å². The Morgan fingerprint density at radius 1 is 1.14 bits per heavy atom. The highest BCUT2D eigenvalue weighted by Gasteiger charge is 2.36. The zero-order valence-electron chi connectivity index (χ0n) is 21.8. The van der Waals surface area contributed by atoms with Crippen LogP contribution in [0.5, 0.6) is 0 Å². The van der Waals surface area contributed by atoms with Crippen molar-refractivity contribution in [2.45, 2.75) is 51.2 Å². The Labute approximate surface area is 223 Å². The quantitative estimate of drug-likeness (QED) is 0.496. The van der Waals surface area contributed by atoms with Crippen LogP contribution in [0.2, 0.25) is 5.15 Å². The summed E-state index contributed by atoms with van der Waals surface area (Å²) in [7, 11) is 1.51. The second kappa shape index (κ2) is 11.6. The minimum Gasteiger partial charge on any atom is -0.382 e. The zero-order chi connectivity index (χ0) is 26.7. The number of aromatic nitrogens is 2.